The predicted octanol–water partition coefficient (Wildman–Crippen LogP) is 2.38. The molecule has 1 unspecified atom stereocenters. The maximum atomic E-state index is 11.0. The van der Waals surface area contributed by atoms with Gasteiger partial charge in [0.15, 0.2) is 0 Å². The van der Waals surface area contributed by atoms with Gasteiger partial charge >= 0.3 is 7.75 Å². The van der Waals surface area contributed by atoms with Gasteiger partial charge in [0.2, 0.25) is 0 Å². The number of rotatable bonds is 4. The second kappa shape index (κ2) is 4.63. The molecule has 84 valence electrons. The van der Waals surface area contributed by atoms with Gasteiger partial charge in [-0.2, -0.15) is 0 Å². The summed E-state index contributed by atoms with van der Waals surface area (Å²) in [5.41, 5.74) is 7.76. The van der Waals surface area contributed by atoms with Gasteiger partial charge in [-0.15, -0.1) is 0 Å². The van der Waals surface area contributed by atoms with Crippen LogP contribution in [0.1, 0.15) is 0 Å². The predicted molar refractivity (Wildman–Crippen MR) is 52.7 cm³/mol. The van der Waals surface area contributed by atoms with Gasteiger partial charge < -0.3 is 9.42 Å². The van der Waals surface area contributed by atoms with Crippen molar-refractivity contribution >= 4 is 13.4 Å². The van der Waals surface area contributed by atoms with E-state index in [0.717, 1.165) is 24.3 Å². The van der Waals surface area contributed by atoms with Gasteiger partial charge in [0.05, 0.1) is 4.92 Å². The molecular formula is C6H5N4O5P. The van der Waals surface area contributed by atoms with Crippen molar-refractivity contribution in [1.82, 2.24) is 0 Å². The molecule has 0 radical (unpaired) electrons. The average Bonchev–Trinajstić information content (AvgIpc) is 2.17. The minimum absolute atomic E-state index is 0.108. The molecule has 0 aliphatic carbocycles. The highest BCUT2D eigenvalue weighted by molar-refractivity contribution is 7.51. The van der Waals surface area contributed by atoms with E-state index in [1.165, 1.54) is 0 Å². The van der Waals surface area contributed by atoms with Crippen LogP contribution in [0.4, 0.5) is 5.69 Å². The molecule has 1 aromatic carbocycles. The summed E-state index contributed by atoms with van der Waals surface area (Å²) in [4.78, 5) is 23.3. The quantitative estimate of drug-likeness (QED) is 0.216. The van der Waals surface area contributed by atoms with Gasteiger partial charge in [-0.1, -0.05) is 0 Å². The first-order valence-electron chi connectivity index (χ1n) is 3.78. The molecule has 1 rings (SSSR count). The molecule has 10 heteroatoms. The van der Waals surface area contributed by atoms with Crippen LogP contribution in [0, 0.1) is 10.1 Å². The minimum atomic E-state index is -4.41. The summed E-state index contributed by atoms with van der Waals surface area (Å²) in [5, 5.41) is 10.3. The van der Waals surface area contributed by atoms with E-state index in [1.54, 1.807) is 0 Å². The average molecular weight is 244 g/mol. The largest absolute Gasteiger partial charge is 0.468 e. The van der Waals surface area contributed by atoms with Gasteiger partial charge in [0.1, 0.15) is 5.75 Å². The number of nitro groups is 1. The molecule has 0 amide bonds. The van der Waals surface area contributed by atoms with Crippen LogP contribution < -0.4 is 4.52 Å². The van der Waals surface area contributed by atoms with E-state index in [0.29, 0.717) is 0 Å². The Balaban J connectivity index is 2.88. The summed E-state index contributed by atoms with van der Waals surface area (Å²) in [6, 6.07) is 4.42. The zero-order chi connectivity index (χ0) is 12.2. The minimum Gasteiger partial charge on any atom is -0.420 e. The Morgan fingerprint density at radius 2 is 2.06 bits per heavy atom. The summed E-state index contributed by atoms with van der Waals surface area (Å²) in [6.45, 7) is 0. The molecule has 0 aliphatic rings. The monoisotopic (exact) mass is 244 g/mol. The van der Waals surface area contributed by atoms with Gasteiger partial charge in [-0.05, 0) is 17.7 Å². The Morgan fingerprint density at radius 1 is 1.50 bits per heavy atom. The zero-order valence-corrected chi connectivity index (χ0v) is 8.52. The molecule has 1 aromatic rings. The van der Waals surface area contributed by atoms with Crippen LogP contribution in [0.5, 0.6) is 5.75 Å². The summed E-state index contributed by atoms with van der Waals surface area (Å²) >= 11 is 0. The van der Waals surface area contributed by atoms with E-state index in [4.69, 9.17) is 10.4 Å². The van der Waals surface area contributed by atoms with Crippen LogP contribution in [-0.4, -0.2) is 9.82 Å². The fourth-order valence-corrected chi connectivity index (χ4v) is 1.37. The third kappa shape index (κ3) is 3.25. The summed E-state index contributed by atoms with van der Waals surface area (Å²) in [5.74, 6) is -0.108. The standard InChI is InChI=1S/C6H5N4O5P/c7-8-9-16(13,14)15-6-3-1-5(2-4-6)10(11)12/h1-4H,(H,13,14). The third-order valence-electron chi connectivity index (χ3n) is 1.42. The number of benzene rings is 1. The molecule has 0 bridgehead atoms. The highest BCUT2D eigenvalue weighted by atomic mass is 31.2. The van der Waals surface area contributed by atoms with E-state index in [-0.39, 0.29) is 11.4 Å². The lowest BCUT2D eigenvalue weighted by molar-refractivity contribution is -0.384. The zero-order valence-electron chi connectivity index (χ0n) is 7.63. The number of azide groups is 1. The van der Waals surface area contributed by atoms with Gasteiger partial charge in [-0.25, -0.2) is 4.57 Å². The van der Waals surface area contributed by atoms with Crippen molar-refractivity contribution in [2.75, 3.05) is 0 Å². The van der Waals surface area contributed by atoms with Crippen LogP contribution in [0.25, 0.3) is 10.4 Å². The number of hydrogen-bond donors (Lipinski definition) is 1. The topological polar surface area (TPSA) is 138 Å². The van der Waals surface area contributed by atoms with Crippen LogP contribution in [0.2, 0.25) is 0 Å². The first-order chi connectivity index (χ1) is 7.44. The molecule has 0 saturated heterocycles. The highest BCUT2D eigenvalue weighted by Gasteiger charge is 2.18. The Morgan fingerprint density at radius 3 is 2.50 bits per heavy atom. The molecule has 0 saturated carbocycles. The van der Waals surface area contributed by atoms with Crippen molar-refractivity contribution < 1.29 is 18.9 Å². The Labute approximate surface area is 88.6 Å². The van der Waals surface area contributed by atoms with Crippen molar-refractivity contribution in [1.29, 1.82) is 0 Å². The summed E-state index contributed by atoms with van der Waals surface area (Å²) in [6.07, 6.45) is 0. The van der Waals surface area contributed by atoms with E-state index in [2.05, 4.69) is 14.3 Å². The van der Waals surface area contributed by atoms with Gasteiger partial charge in [0.25, 0.3) is 5.69 Å². The lowest BCUT2D eigenvalue weighted by Gasteiger charge is -2.06. The molecular weight excluding hydrogens is 239 g/mol. The van der Waals surface area contributed by atoms with Gasteiger partial charge in [0, 0.05) is 21.9 Å². The fourth-order valence-electron chi connectivity index (χ4n) is 0.835. The molecule has 1 N–H and O–H groups in total. The van der Waals surface area contributed by atoms with Crippen molar-refractivity contribution in [3.05, 3.63) is 44.8 Å². The Bertz CT molecular complexity index is 494. The SMILES string of the molecule is [N-]=[N+]=NP(=O)(O)Oc1ccc([N+](=O)[O-])cc1. The molecule has 1 atom stereocenters. The second-order valence-electron chi connectivity index (χ2n) is 2.51. The van der Waals surface area contributed by atoms with Crippen LogP contribution >= 0.6 is 7.75 Å². The first-order valence-corrected chi connectivity index (χ1v) is 5.31. The maximum Gasteiger partial charge on any atom is 0.468 e. The van der Waals surface area contributed by atoms with Crippen molar-refractivity contribution in [2.45, 2.75) is 0 Å². The summed E-state index contributed by atoms with van der Waals surface area (Å²) in [7, 11) is -4.41. The molecule has 0 spiro atoms. The smallest absolute Gasteiger partial charge is 0.420 e. The fraction of sp³-hybridized carbons (Fsp3) is 0. The number of nitro benzene ring substituents is 1. The van der Waals surface area contributed by atoms with E-state index in [9.17, 15) is 14.7 Å². The third-order valence-corrected chi connectivity index (χ3v) is 2.18. The van der Waals surface area contributed by atoms with Gasteiger partial charge in [-0.3, -0.25) is 10.1 Å². The molecule has 0 aliphatic heterocycles. The first kappa shape index (κ1) is 12.0. The van der Waals surface area contributed by atoms with Crippen LogP contribution in [-0.2, 0) is 4.57 Å². The van der Waals surface area contributed by atoms with Crippen LogP contribution in [0.15, 0.2) is 29.2 Å². The molecule has 0 aromatic heterocycles. The van der Waals surface area contributed by atoms with Crippen molar-refractivity contribution in [3.63, 3.8) is 0 Å². The normalized spacial score (nSPS) is 13.3. The lowest BCUT2D eigenvalue weighted by Crippen LogP contribution is -1.90. The number of non-ortho nitro benzene ring substituents is 1. The summed E-state index contributed by atoms with van der Waals surface area (Å²) < 4.78 is 15.4. The Hall–Kier alpha value is -2.08. The van der Waals surface area contributed by atoms with Crippen molar-refractivity contribution in [2.24, 2.45) is 4.88 Å². The lowest BCUT2D eigenvalue weighted by atomic mass is 10.3. The maximum absolute atomic E-state index is 11.0. The van der Waals surface area contributed by atoms with Crippen molar-refractivity contribution in [3.8, 4) is 5.75 Å². The van der Waals surface area contributed by atoms with E-state index < -0.39 is 12.7 Å². The highest BCUT2D eigenvalue weighted by Crippen LogP contribution is 2.44. The molecule has 9 nitrogen and oxygen atoms in total. The van der Waals surface area contributed by atoms with E-state index in [1.807, 2.05) is 0 Å². The number of hydrogen-bond acceptors (Lipinski definition) is 4. The van der Waals surface area contributed by atoms with Crippen LogP contribution in [0.3, 0.4) is 0 Å². The molecule has 0 heterocycles. The number of nitrogens with zero attached hydrogens (tertiary/aromatic N) is 4. The molecule has 0 fully saturated rings. The second-order valence-corrected chi connectivity index (χ2v) is 3.85. The molecule has 16 heavy (non-hydrogen) atoms. The Kier molecular flexibility index (Phi) is 3.47. The van der Waals surface area contributed by atoms with E-state index >= 15 is 0 Å².